The summed E-state index contributed by atoms with van der Waals surface area (Å²) in [6, 6.07) is 13.4. The first-order valence-electron chi connectivity index (χ1n) is 7.12. The maximum atomic E-state index is 11.6. The van der Waals surface area contributed by atoms with Gasteiger partial charge in [0, 0.05) is 31.9 Å². The second kappa shape index (κ2) is 6.91. The molecule has 0 saturated carbocycles. The average Bonchev–Trinajstić information content (AvgIpc) is 2.52. The highest BCUT2D eigenvalue weighted by Crippen LogP contribution is 2.25. The number of benzene rings is 2. The number of carboxylic acid groups (broad SMARTS) is 1. The summed E-state index contributed by atoms with van der Waals surface area (Å²) >= 11 is 0. The first-order chi connectivity index (χ1) is 10.9. The van der Waals surface area contributed by atoms with Crippen LogP contribution in [0, 0.1) is 10.1 Å². The predicted molar refractivity (Wildman–Crippen MR) is 87.9 cm³/mol. The van der Waals surface area contributed by atoms with E-state index < -0.39 is 16.8 Å². The number of carboxylic acids is 1. The average molecular weight is 314 g/mol. The summed E-state index contributed by atoms with van der Waals surface area (Å²) < 4.78 is 0. The molecular formula is C17H18N2O4. The minimum absolute atomic E-state index is 0.00442. The molecule has 0 amide bonds. The van der Waals surface area contributed by atoms with Crippen molar-refractivity contribution in [3.05, 3.63) is 69.8 Å². The summed E-state index contributed by atoms with van der Waals surface area (Å²) in [5, 5.41) is 20.2. The number of nitro benzene ring substituents is 1. The van der Waals surface area contributed by atoms with Gasteiger partial charge in [0.15, 0.2) is 0 Å². The molecule has 0 radical (unpaired) electrons. The SMILES string of the molecule is CN(C)c1cccc(C(Cc2ccc([N+](=O)[O-])cc2)C(=O)O)c1. The van der Waals surface area contributed by atoms with E-state index in [1.807, 2.05) is 37.2 Å². The summed E-state index contributed by atoms with van der Waals surface area (Å²) in [7, 11) is 3.79. The first kappa shape index (κ1) is 16.5. The van der Waals surface area contributed by atoms with Crippen molar-refractivity contribution < 1.29 is 14.8 Å². The molecule has 2 aromatic rings. The van der Waals surface area contributed by atoms with E-state index in [1.165, 1.54) is 12.1 Å². The molecule has 120 valence electrons. The Morgan fingerprint density at radius 3 is 2.39 bits per heavy atom. The summed E-state index contributed by atoms with van der Waals surface area (Å²) in [5.74, 6) is -1.62. The van der Waals surface area contributed by atoms with Gasteiger partial charge in [0.05, 0.1) is 10.8 Å². The van der Waals surface area contributed by atoms with Crippen LogP contribution < -0.4 is 4.90 Å². The zero-order valence-corrected chi connectivity index (χ0v) is 13.0. The lowest BCUT2D eigenvalue weighted by molar-refractivity contribution is -0.384. The Kier molecular flexibility index (Phi) is 4.95. The summed E-state index contributed by atoms with van der Waals surface area (Å²) in [4.78, 5) is 23.7. The van der Waals surface area contributed by atoms with Crippen molar-refractivity contribution in [2.24, 2.45) is 0 Å². The van der Waals surface area contributed by atoms with Gasteiger partial charge < -0.3 is 10.0 Å². The molecule has 0 aliphatic rings. The molecule has 0 saturated heterocycles. The van der Waals surface area contributed by atoms with Crippen molar-refractivity contribution in [2.45, 2.75) is 12.3 Å². The van der Waals surface area contributed by atoms with Crippen LogP contribution in [-0.4, -0.2) is 30.1 Å². The summed E-state index contributed by atoms with van der Waals surface area (Å²) in [5.41, 5.74) is 2.38. The highest BCUT2D eigenvalue weighted by atomic mass is 16.6. The summed E-state index contributed by atoms with van der Waals surface area (Å²) in [6.07, 6.45) is 0.282. The Morgan fingerprint density at radius 2 is 1.87 bits per heavy atom. The lowest BCUT2D eigenvalue weighted by atomic mass is 9.91. The topological polar surface area (TPSA) is 83.7 Å². The Morgan fingerprint density at radius 1 is 1.22 bits per heavy atom. The molecule has 23 heavy (non-hydrogen) atoms. The van der Waals surface area contributed by atoms with Crippen LogP contribution in [0.5, 0.6) is 0 Å². The van der Waals surface area contributed by atoms with Crippen molar-refractivity contribution in [1.82, 2.24) is 0 Å². The largest absolute Gasteiger partial charge is 0.481 e. The van der Waals surface area contributed by atoms with Gasteiger partial charge in [0.25, 0.3) is 5.69 Å². The molecule has 0 aliphatic heterocycles. The van der Waals surface area contributed by atoms with E-state index in [0.29, 0.717) is 5.56 Å². The van der Waals surface area contributed by atoms with Crippen molar-refractivity contribution in [3.8, 4) is 0 Å². The van der Waals surface area contributed by atoms with Crippen molar-refractivity contribution >= 4 is 17.3 Å². The van der Waals surface area contributed by atoms with E-state index in [9.17, 15) is 20.0 Å². The highest BCUT2D eigenvalue weighted by Gasteiger charge is 2.21. The van der Waals surface area contributed by atoms with E-state index in [-0.39, 0.29) is 12.1 Å². The lowest BCUT2D eigenvalue weighted by Gasteiger charge is -2.17. The minimum Gasteiger partial charge on any atom is -0.481 e. The molecule has 6 heteroatoms. The molecule has 0 spiro atoms. The van der Waals surface area contributed by atoms with Crippen molar-refractivity contribution in [3.63, 3.8) is 0 Å². The first-order valence-corrected chi connectivity index (χ1v) is 7.12. The van der Waals surface area contributed by atoms with Crippen LogP contribution in [-0.2, 0) is 11.2 Å². The highest BCUT2D eigenvalue weighted by molar-refractivity contribution is 5.77. The summed E-state index contributed by atoms with van der Waals surface area (Å²) in [6.45, 7) is 0. The fourth-order valence-electron chi connectivity index (χ4n) is 2.36. The second-order valence-electron chi connectivity index (χ2n) is 5.51. The lowest BCUT2D eigenvalue weighted by Crippen LogP contribution is -2.16. The number of anilines is 1. The Balaban J connectivity index is 2.27. The predicted octanol–water partition coefficient (Wildman–Crippen LogP) is 3.07. The van der Waals surface area contributed by atoms with E-state index in [2.05, 4.69) is 0 Å². The molecule has 1 unspecified atom stereocenters. The zero-order chi connectivity index (χ0) is 17.0. The third-order valence-electron chi connectivity index (χ3n) is 3.67. The van der Waals surface area contributed by atoms with E-state index in [0.717, 1.165) is 11.3 Å². The fraction of sp³-hybridized carbons (Fsp3) is 0.235. The van der Waals surface area contributed by atoms with Gasteiger partial charge in [-0.25, -0.2) is 0 Å². The van der Waals surface area contributed by atoms with Crippen LogP contribution in [0.2, 0.25) is 0 Å². The standard InChI is InChI=1S/C17H18N2O4/c1-18(2)15-5-3-4-13(11-15)16(17(20)21)10-12-6-8-14(9-7-12)19(22)23/h3-9,11,16H,10H2,1-2H3,(H,20,21). The molecule has 0 fully saturated rings. The molecule has 0 aromatic heterocycles. The van der Waals surface area contributed by atoms with Crippen molar-refractivity contribution in [1.29, 1.82) is 0 Å². The van der Waals surface area contributed by atoms with Crippen LogP contribution in [0.3, 0.4) is 0 Å². The van der Waals surface area contributed by atoms with E-state index in [4.69, 9.17) is 0 Å². The molecule has 1 N–H and O–H groups in total. The molecule has 0 heterocycles. The van der Waals surface area contributed by atoms with Crippen LogP contribution >= 0.6 is 0 Å². The number of hydrogen-bond donors (Lipinski definition) is 1. The molecular weight excluding hydrogens is 296 g/mol. The maximum absolute atomic E-state index is 11.6. The van der Waals surface area contributed by atoms with Gasteiger partial charge in [-0.1, -0.05) is 24.3 Å². The second-order valence-corrected chi connectivity index (χ2v) is 5.51. The number of nitrogens with zero attached hydrogens (tertiary/aromatic N) is 2. The van der Waals surface area contributed by atoms with Gasteiger partial charge in [-0.05, 0) is 29.7 Å². The molecule has 6 nitrogen and oxygen atoms in total. The van der Waals surface area contributed by atoms with Crippen LogP contribution in [0.25, 0.3) is 0 Å². The third-order valence-corrected chi connectivity index (χ3v) is 3.67. The van der Waals surface area contributed by atoms with Gasteiger partial charge in [-0.3, -0.25) is 14.9 Å². The number of aliphatic carboxylic acids is 1. The minimum atomic E-state index is -0.917. The van der Waals surface area contributed by atoms with Gasteiger partial charge in [0.2, 0.25) is 0 Å². The Bertz CT molecular complexity index is 711. The number of carbonyl (C=O) groups is 1. The van der Waals surface area contributed by atoms with E-state index >= 15 is 0 Å². The molecule has 0 aliphatic carbocycles. The quantitative estimate of drug-likeness (QED) is 0.654. The smallest absolute Gasteiger partial charge is 0.311 e. The molecule has 1 atom stereocenters. The fourth-order valence-corrected chi connectivity index (χ4v) is 2.36. The van der Waals surface area contributed by atoms with Gasteiger partial charge in [-0.2, -0.15) is 0 Å². The normalized spacial score (nSPS) is 11.7. The van der Waals surface area contributed by atoms with Gasteiger partial charge in [0.1, 0.15) is 0 Å². The molecule has 2 aromatic carbocycles. The number of hydrogen-bond acceptors (Lipinski definition) is 4. The number of non-ortho nitro benzene ring substituents is 1. The van der Waals surface area contributed by atoms with Crippen LogP contribution in [0.4, 0.5) is 11.4 Å². The monoisotopic (exact) mass is 314 g/mol. The third kappa shape index (κ3) is 4.06. The number of nitro groups is 1. The zero-order valence-electron chi connectivity index (χ0n) is 13.0. The van der Waals surface area contributed by atoms with Crippen LogP contribution in [0.15, 0.2) is 48.5 Å². The Labute approximate surface area is 134 Å². The van der Waals surface area contributed by atoms with Gasteiger partial charge in [-0.15, -0.1) is 0 Å². The molecule has 2 rings (SSSR count). The maximum Gasteiger partial charge on any atom is 0.311 e. The van der Waals surface area contributed by atoms with Crippen molar-refractivity contribution in [2.75, 3.05) is 19.0 Å². The van der Waals surface area contributed by atoms with Crippen LogP contribution in [0.1, 0.15) is 17.0 Å². The van der Waals surface area contributed by atoms with E-state index in [1.54, 1.807) is 18.2 Å². The van der Waals surface area contributed by atoms with Gasteiger partial charge >= 0.3 is 5.97 Å². The molecule has 0 bridgehead atoms. The number of rotatable bonds is 6. The Hall–Kier alpha value is -2.89.